The number of halogens is 1. The number of fused-ring (bicyclic) bond motifs is 1. The number of aliphatic hydroxyl groups is 1. The lowest BCUT2D eigenvalue weighted by atomic mass is 9.83. The zero-order chi connectivity index (χ0) is 11.8. The highest BCUT2D eigenvalue weighted by Crippen LogP contribution is 2.36. The van der Waals surface area contributed by atoms with Crippen LogP contribution in [0, 0.1) is 0 Å². The minimum Gasteiger partial charge on any atom is -0.393 e. The third kappa shape index (κ3) is 2.03. The molecule has 0 saturated heterocycles. The van der Waals surface area contributed by atoms with Crippen molar-refractivity contribution in [3.8, 4) is 0 Å². The Bertz CT molecular complexity index is 532. The molecule has 0 radical (unpaired) electrons. The van der Waals surface area contributed by atoms with Crippen LogP contribution >= 0.6 is 11.6 Å². The maximum Gasteiger partial charge on any atom is 0.156 e. The maximum atomic E-state index is 9.52. The number of nitrogens with zero attached hydrogens (tertiary/aromatic N) is 3. The van der Waals surface area contributed by atoms with Crippen LogP contribution in [0.1, 0.15) is 37.2 Å². The number of pyridine rings is 1. The van der Waals surface area contributed by atoms with Gasteiger partial charge in [0.1, 0.15) is 6.33 Å². The van der Waals surface area contributed by atoms with Crippen LogP contribution in [0.2, 0.25) is 5.02 Å². The first-order valence-electron chi connectivity index (χ1n) is 5.91. The fourth-order valence-corrected chi connectivity index (χ4v) is 2.84. The molecule has 5 heteroatoms. The third-order valence-corrected chi connectivity index (χ3v) is 3.86. The molecule has 1 N–H and O–H groups in total. The van der Waals surface area contributed by atoms with Gasteiger partial charge in [-0.1, -0.05) is 11.6 Å². The van der Waals surface area contributed by atoms with Gasteiger partial charge in [0, 0.05) is 17.3 Å². The van der Waals surface area contributed by atoms with Gasteiger partial charge in [-0.25, -0.2) is 9.50 Å². The summed E-state index contributed by atoms with van der Waals surface area (Å²) in [5, 5.41) is 14.4. The van der Waals surface area contributed by atoms with Crippen molar-refractivity contribution in [3.05, 3.63) is 29.2 Å². The number of aliphatic hydroxyl groups excluding tert-OH is 1. The second-order valence-corrected chi connectivity index (χ2v) is 5.05. The van der Waals surface area contributed by atoms with Crippen LogP contribution in [0.15, 0.2) is 18.6 Å². The summed E-state index contributed by atoms with van der Waals surface area (Å²) in [4.78, 5) is 4.11. The lowest BCUT2D eigenvalue weighted by Crippen LogP contribution is -2.17. The molecule has 0 aromatic carbocycles. The van der Waals surface area contributed by atoms with Crippen molar-refractivity contribution < 1.29 is 5.11 Å². The van der Waals surface area contributed by atoms with Crippen LogP contribution < -0.4 is 0 Å². The average molecular weight is 252 g/mol. The number of aromatic nitrogens is 3. The molecule has 1 aliphatic rings. The second kappa shape index (κ2) is 4.27. The maximum absolute atomic E-state index is 9.52. The Kier molecular flexibility index (Phi) is 2.76. The van der Waals surface area contributed by atoms with E-state index in [0.717, 1.165) is 41.9 Å². The molecule has 0 bridgehead atoms. The molecule has 2 aromatic rings. The molecule has 0 amide bonds. The molecule has 90 valence electrons. The lowest BCUT2D eigenvalue weighted by molar-refractivity contribution is 0.122. The van der Waals surface area contributed by atoms with E-state index in [9.17, 15) is 5.11 Å². The van der Waals surface area contributed by atoms with Gasteiger partial charge in [0.2, 0.25) is 0 Å². The second-order valence-electron chi connectivity index (χ2n) is 4.64. The van der Waals surface area contributed by atoms with E-state index < -0.39 is 0 Å². The van der Waals surface area contributed by atoms with Gasteiger partial charge in [-0.2, -0.15) is 5.10 Å². The third-order valence-electron chi connectivity index (χ3n) is 3.53. The zero-order valence-electron chi connectivity index (χ0n) is 9.38. The summed E-state index contributed by atoms with van der Waals surface area (Å²) in [6, 6.07) is 1.86. The average Bonchev–Trinajstić information content (AvgIpc) is 2.76. The smallest absolute Gasteiger partial charge is 0.156 e. The molecule has 2 heterocycles. The van der Waals surface area contributed by atoms with E-state index in [-0.39, 0.29) is 6.10 Å². The van der Waals surface area contributed by atoms with E-state index in [0.29, 0.717) is 5.92 Å². The molecule has 0 atom stereocenters. The first-order chi connectivity index (χ1) is 8.24. The molecule has 1 saturated carbocycles. The van der Waals surface area contributed by atoms with Gasteiger partial charge in [0.05, 0.1) is 6.10 Å². The fourth-order valence-electron chi connectivity index (χ4n) is 2.54. The Morgan fingerprint density at radius 2 is 2.06 bits per heavy atom. The van der Waals surface area contributed by atoms with Crippen molar-refractivity contribution in [3.63, 3.8) is 0 Å². The van der Waals surface area contributed by atoms with Gasteiger partial charge in [0.15, 0.2) is 5.65 Å². The summed E-state index contributed by atoms with van der Waals surface area (Å²) in [5.74, 6) is 0.430. The molecule has 1 aliphatic carbocycles. The van der Waals surface area contributed by atoms with Crippen LogP contribution in [0.25, 0.3) is 5.65 Å². The minimum atomic E-state index is -0.139. The molecule has 2 aromatic heterocycles. The summed E-state index contributed by atoms with van der Waals surface area (Å²) in [6.07, 6.45) is 7.04. The summed E-state index contributed by atoms with van der Waals surface area (Å²) in [6.45, 7) is 0. The highest BCUT2D eigenvalue weighted by molar-refractivity contribution is 6.31. The van der Waals surface area contributed by atoms with Crippen molar-refractivity contribution in [1.82, 2.24) is 14.6 Å². The molecule has 0 unspecified atom stereocenters. The quantitative estimate of drug-likeness (QED) is 0.847. The van der Waals surface area contributed by atoms with Crippen molar-refractivity contribution >= 4 is 17.2 Å². The number of hydrogen-bond donors (Lipinski definition) is 1. The SMILES string of the molecule is OC1CCC(c2cn3ncnc3cc2Cl)CC1. The number of hydrogen-bond acceptors (Lipinski definition) is 3. The zero-order valence-corrected chi connectivity index (χ0v) is 10.1. The molecular weight excluding hydrogens is 238 g/mol. The largest absolute Gasteiger partial charge is 0.393 e. The van der Waals surface area contributed by atoms with E-state index in [1.54, 1.807) is 4.52 Å². The first-order valence-corrected chi connectivity index (χ1v) is 6.28. The van der Waals surface area contributed by atoms with Crippen molar-refractivity contribution in [2.45, 2.75) is 37.7 Å². The molecule has 4 nitrogen and oxygen atoms in total. The lowest BCUT2D eigenvalue weighted by Gasteiger charge is -2.26. The van der Waals surface area contributed by atoms with Crippen molar-refractivity contribution in [1.29, 1.82) is 0 Å². The van der Waals surface area contributed by atoms with Gasteiger partial charge in [-0.15, -0.1) is 0 Å². The summed E-state index contributed by atoms with van der Waals surface area (Å²) in [5.41, 5.74) is 1.89. The molecule has 3 rings (SSSR count). The van der Waals surface area contributed by atoms with Crippen LogP contribution in [0.5, 0.6) is 0 Å². The summed E-state index contributed by atoms with van der Waals surface area (Å²) in [7, 11) is 0. The van der Waals surface area contributed by atoms with Crippen molar-refractivity contribution in [2.24, 2.45) is 0 Å². The van der Waals surface area contributed by atoms with E-state index in [1.165, 1.54) is 6.33 Å². The van der Waals surface area contributed by atoms with Gasteiger partial charge in [-0.3, -0.25) is 0 Å². The Morgan fingerprint density at radius 1 is 1.29 bits per heavy atom. The van der Waals surface area contributed by atoms with E-state index in [4.69, 9.17) is 11.6 Å². The van der Waals surface area contributed by atoms with Gasteiger partial charge < -0.3 is 5.11 Å². The van der Waals surface area contributed by atoms with Gasteiger partial charge in [0.25, 0.3) is 0 Å². The Morgan fingerprint density at radius 3 is 2.82 bits per heavy atom. The van der Waals surface area contributed by atoms with Crippen LogP contribution in [0.3, 0.4) is 0 Å². The Hall–Kier alpha value is -1.13. The molecule has 0 spiro atoms. The first kappa shape index (κ1) is 11.0. The van der Waals surface area contributed by atoms with E-state index >= 15 is 0 Å². The standard InChI is InChI=1S/C12H14ClN3O/c13-11-5-12-14-7-15-16(12)6-10(11)8-1-3-9(17)4-2-8/h5-9,17H,1-4H2. The monoisotopic (exact) mass is 251 g/mol. The predicted octanol–water partition coefficient (Wildman–Crippen LogP) is 2.40. The highest BCUT2D eigenvalue weighted by atomic mass is 35.5. The highest BCUT2D eigenvalue weighted by Gasteiger charge is 2.23. The minimum absolute atomic E-state index is 0.139. The van der Waals surface area contributed by atoms with Crippen LogP contribution in [-0.4, -0.2) is 25.8 Å². The van der Waals surface area contributed by atoms with Crippen LogP contribution in [0.4, 0.5) is 0 Å². The molecule has 17 heavy (non-hydrogen) atoms. The molecule has 0 aliphatic heterocycles. The van der Waals surface area contributed by atoms with Crippen molar-refractivity contribution in [2.75, 3.05) is 0 Å². The van der Waals surface area contributed by atoms with E-state index in [1.807, 2.05) is 12.3 Å². The topological polar surface area (TPSA) is 50.4 Å². The molecule has 1 fully saturated rings. The summed E-state index contributed by atoms with van der Waals surface area (Å²) >= 11 is 6.29. The fraction of sp³-hybridized carbons (Fsp3) is 0.500. The normalized spacial score (nSPS) is 25.3. The Balaban J connectivity index is 1.96. The van der Waals surface area contributed by atoms with Gasteiger partial charge >= 0.3 is 0 Å². The summed E-state index contributed by atoms with van der Waals surface area (Å²) < 4.78 is 1.76. The molecular formula is C12H14ClN3O. The van der Waals surface area contributed by atoms with E-state index in [2.05, 4.69) is 10.1 Å². The van der Waals surface area contributed by atoms with Crippen LogP contribution in [-0.2, 0) is 0 Å². The predicted molar refractivity (Wildman–Crippen MR) is 65.2 cm³/mol. The Labute approximate surface area is 104 Å². The van der Waals surface area contributed by atoms with Gasteiger partial charge in [-0.05, 0) is 37.2 Å². The number of rotatable bonds is 1.